The van der Waals surface area contributed by atoms with Gasteiger partial charge in [0.25, 0.3) is 0 Å². The molecule has 0 saturated carbocycles. The average Bonchev–Trinajstić information content (AvgIpc) is 2.27. The van der Waals surface area contributed by atoms with E-state index in [9.17, 15) is 0 Å². The van der Waals surface area contributed by atoms with Crippen molar-refractivity contribution >= 4 is 29.2 Å². The second kappa shape index (κ2) is 7.53. The fraction of sp³-hybridized carbons (Fsp3) is 0.529. The van der Waals surface area contributed by atoms with Gasteiger partial charge in [-0.3, -0.25) is 0 Å². The minimum absolute atomic E-state index is 0. The smallest absolute Gasteiger partial charge is 0.302 e. The minimum atomic E-state index is -1.42. The van der Waals surface area contributed by atoms with Crippen molar-refractivity contribution in [3.8, 4) is 11.1 Å². The van der Waals surface area contributed by atoms with Crippen LogP contribution in [0.4, 0.5) is 0 Å². The van der Waals surface area contributed by atoms with Gasteiger partial charge in [-0.25, -0.2) is 0 Å². The first-order chi connectivity index (χ1) is 8.95. The van der Waals surface area contributed by atoms with Gasteiger partial charge in [-0.2, -0.15) is 19.0 Å². The average molecular weight is 325 g/mol. The maximum atomic E-state index is 3.80. The molecule has 0 unspecified atom stereocenters. The summed E-state index contributed by atoms with van der Waals surface area (Å²) < 4.78 is 0. The van der Waals surface area contributed by atoms with Crippen molar-refractivity contribution < 1.29 is 18.9 Å². The zero-order valence-corrected chi connectivity index (χ0v) is 18.4. The Balaban J connectivity index is 0.00000400. The standard InChI is InChI=1S/C17H29Si3.Li/c1-17(2,3)20(7,8)18(14-15-19(4,5)6)16-12-10-9-11-13-16;/h9-13H,1-8H3;/q-1;+1. The van der Waals surface area contributed by atoms with Gasteiger partial charge in [-0.1, -0.05) is 96.5 Å². The first-order valence-corrected chi connectivity index (χ1v) is 16.4. The number of benzene rings is 1. The summed E-state index contributed by atoms with van der Waals surface area (Å²) in [7, 11) is -3.50. The quantitative estimate of drug-likeness (QED) is 0.570. The molecule has 0 atom stereocenters. The summed E-state index contributed by atoms with van der Waals surface area (Å²) in [5.41, 5.74) is 7.47. The molecule has 110 valence electrons. The fourth-order valence-corrected chi connectivity index (χ4v) is 12.7. The van der Waals surface area contributed by atoms with Crippen LogP contribution in [-0.2, 0) is 0 Å². The van der Waals surface area contributed by atoms with Crippen LogP contribution < -0.4 is 24.0 Å². The third kappa shape index (κ3) is 5.97. The van der Waals surface area contributed by atoms with Crippen molar-refractivity contribution in [2.75, 3.05) is 0 Å². The molecule has 0 heterocycles. The molecule has 0 aromatic heterocycles. The van der Waals surface area contributed by atoms with Gasteiger partial charge < -0.3 is 5.54 Å². The molecular formula is C17H29LiSi3. The predicted octanol–water partition coefficient (Wildman–Crippen LogP) is 1.40. The Morgan fingerprint density at radius 1 is 0.905 bits per heavy atom. The maximum Gasteiger partial charge on any atom is 1.00 e. The Kier molecular flexibility index (Phi) is 7.54. The van der Waals surface area contributed by atoms with Crippen LogP contribution in [0.2, 0.25) is 37.8 Å². The Hall–Kier alpha value is 0.0281. The monoisotopic (exact) mass is 324 g/mol. The largest absolute Gasteiger partial charge is 1.00 e. The van der Waals surface area contributed by atoms with Crippen LogP contribution in [0, 0.1) is 11.1 Å². The van der Waals surface area contributed by atoms with Gasteiger partial charge in [0.15, 0.2) is 0 Å². The molecule has 0 aliphatic heterocycles. The molecule has 0 radical (unpaired) electrons. The number of hydrogen-bond acceptors (Lipinski definition) is 0. The molecule has 0 aliphatic rings. The van der Waals surface area contributed by atoms with Gasteiger partial charge in [-0.15, -0.1) is 0 Å². The fourth-order valence-electron chi connectivity index (χ4n) is 1.82. The third-order valence-electron chi connectivity index (χ3n) is 4.12. The van der Waals surface area contributed by atoms with E-state index in [1.807, 2.05) is 0 Å². The third-order valence-corrected chi connectivity index (χ3v) is 18.8. The van der Waals surface area contributed by atoms with Crippen LogP contribution >= 0.6 is 0 Å². The Morgan fingerprint density at radius 2 is 1.38 bits per heavy atom. The summed E-state index contributed by atoms with van der Waals surface area (Å²) in [5.74, 6) is 0. The van der Waals surface area contributed by atoms with Crippen LogP contribution in [0.15, 0.2) is 30.3 Å². The summed E-state index contributed by atoms with van der Waals surface area (Å²) in [6, 6.07) is 11.1. The van der Waals surface area contributed by atoms with Crippen molar-refractivity contribution in [2.24, 2.45) is 0 Å². The molecule has 0 spiro atoms. The SMILES string of the molecule is CC(C)(C)[Si](C)(C)[Si-](C#C[Si](C)(C)C)c1ccccc1.[Li+]. The molecule has 0 nitrogen and oxygen atoms in total. The van der Waals surface area contributed by atoms with Crippen LogP contribution in [0.25, 0.3) is 0 Å². The van der Waals surface area contributed by atoms with E-state index in [-0.39, 0.29) is 18.9 Å². The van der Waals surface area contributed by atoms with Crippen molar-refractivity contribution in [2.45, 2.75) is 58.5 Å². The van der Waals surface area contributed by atoms with E-state index in [2.05, 4.69) is 94.9 Å². The van der Waals surface area contributed by atoms with Crippen molar-refractivity contribution in [1.29, 1.82) is 0 Å². The first-order valence-electron chi connectivity index (χ1n) is 7.41. The van der Waals surface area contributed by atoms with E-state index in [0.29, 0.717) is 5.04 Å². The molecular weight excluding hydrogens is 295 g/mol. The maximum absolute atomic E-state index is 3.80. The van der Waals surface area contributed by atoms with Gasteiger partial charge >= 0.3 is 18.9 Å². The van der Waals surface area contributed by atoms with Gasteiger partial charge in [0.2, 0.25) is 0 Å². The molecule has 0 saturated heterocycles. The van der Waals surface area contributed by atoms with Crippen LogP contribution in [0.1, 0.15) is 20.8 Å². The molecule has 0 N–H and O–H groups in total. The first kappa shape index (κ1) is 21.0. The zero-order valence-electron chi connectivity index (χ0n) is 15.4. The van der Waals surface area contributed by atoms with Gasteiger partial charge in [0, 0.05) is 0 Å². The molecule has 1 aromatic rings. The molecule has 1 aromatic carbocycles. The van der Waals surface area contributed by atoms with Crippen molar-refractivity contribution in [1.82, 2.24) is 0 Å². The van der Waals surface area contributed by atoms with Crippen molar-refractivity contribution in [3.63, 3.8) is 0 Å². The van der Waals surface area contributed by atoms with E-state index in [0.717, 1.165) is 0 Å². The molecule has 21 heavy (non-hydrogen) atoms. The van der Waals surface area contributed by atoms with Gasteiger partial charge in [-0.05, 0) is 0 Å². The number of rotatable bonds is 2. The van der Waals surface area contributed by atoms with Crippen molar-refractivity contribution in [3.05, 3.63) is 30.3 Å². The van der Waals surface area contributed by atoms with E-state index in [4.69, 9.17) is 0 Å². The molecule has 0 bridgehead atoms. The Bertz CT molecular complexity index is 499. The Morgan fingerprint density at radius 3 is 1.76 bits per heavy atom. The number of hydrogen-bond donors (Lipinski definition) is 0. The summed E-state index contributed by atoms with van der Waals surface area (Å²) in [4.78, 5) is 0. The minimum Gasteiger partial charge on any atom is -0.302 e. The summed E-state index contributed by atoms with van der Waals surface area (Å²) in [6.45, 7) is 19.3. The molecule has 1 rings (SSSR count). The van der Waals surface area contributed by atoms with Crippen LogP contribution in [0.5, 0.6) is 0 Å². The Labute approximate surface area is 147 Å². The van der Waals surface area contributed by atoms with E-state index >= 15 is 0 Å². The van der Waals surface area contributed by atoms with E-state index in [1.165, 1.54) is 5.19 Å². The summed E-state index contributed by atoms with van der Waals surface area (Å²) in [5, 5.41) is 1.90. The second-order valence-electron chi connectivity index (χ2n) is 8.12. The van der Waals surface area contributed by atoms with E-state index < -0.39 is 24.0 Å². The zero-order chi connectivity index (χ0) is 15.6. The van der Waals surface area contributed by atoms with Crippen LogP contribution in [0.3, 0.4) is 0 Å². The summed E-state index contributed by atoms with van der Waals surface area (Å²) in [6.07, 6.45) is 0. The topological polar surface area (TPSA) is 0 Å². The van der Waals surface area contributed by atoms with Gasteiger partial charge in [0.05, 0.1) is 0 Å². The van der Waals surface area contributed by atoms with Gasteiger partial charge in [0.1, 0.15) is 8.07 Å². The summed E-state index contributed by atoms with van der Waals surface area (Å²) >= 11 is 0. The molecule has 0 amide bonds. The second-order valence-corrected chi connectivity index (χ2v) is 24.4. The molecule has 0 aliphatic carbocycles. The predicted molar refractivity (Wildman–Crippen MR) is 100 cm³/mol. The molecule has 0 fully saturated rings. The molecule has 4 heteroatoms. The van der Waals surface area contributed by atoms with Crippen LogP contribution in [-0.4, -0.2) is 24.0 Å². The van der Waals surface area contributed by atoms with E-state index in [1.54, 1.807) is 0 Å². The normalized spacial score (nSPS) is 12.0.